The first-order chi connectivity index (χ1) is 5.35. The average Bonchev–Trinajstić information content (AvgIpc) is 2.08. The fraction of sp³-hybridized carbons (Fsp3) is 0.700. The Labute approximate surface area is 71.2 Å². The molecular weight excluding hydrogens is 134 g/mol. The predicted octanol–water partition coefficient (Wildman–Crippen LogP) is 3.81. The van der Waals surface area contributed by atoms with Crippen LogP contribution in [-0.4, -0.2) is 6.21 Å². The van der Waals surface area contributed by atoms with E-state index < -0.39 is 0 Å². The average molecular weight is 155 g/mol. The van der Waals surface area contributed by atoms with Gasteiger partial charge in [-0.15, -0.1) is 0 Å². The lowest BCUT2D eigenvalue weighted by molar-refractivity contribution is 0.892. The predicted molar refractivity (Wildman–Crippen MR) is 54.2 cm³/mol. The number of hydrogen-bond acceptors (Lipinski definition) is 1. The van der Waals surface area contributed by atoms with Gasteiger partial charge in [0.05, 0.1) is 0 Å². The van der Waals surface area contributed by atoms with Crippen LogP contribution in [0.2, 0.25) is 0 Å². The smallest absolute Gasteiger partial charge is 0.0356 e. The van der Waals surface area contributed by atoms with Gasteiger partial charge >= 0.3 is 0 Å². The minimum Gasteiger partial charge on any atom is -0.266 e. The number of allylic oxidation sites excluding steroid dienone is 2. The van der Waals surface area contributed by atoms with Crippen LogP contribution >= 0.6 is 0 Å². The Balaban J connectivity index is 0. The molecule has 0 fully saturated rings. The topological polar surface area (TPSA) is 12.4 Å². The van der Waals surface area contributed by atoms with Gasteiger partial charge in [-0.25, -0.2) is 0 Å². The molecule has 0 aromatic heterocycles. The molecule has 0 unspecified atom stereocenters. The quantitative estimate of drug-likeness (QED) is 0.550. The summed E-state index contributed by atoms with van der Waals surface area (Å²) in [5.74, 6) is 0. The standard InChI is InChI=1S/C8H15N.C2H6/c1-4-7-8(5-2)9-6-3;1-2/h5-6H,4,7H2,1-3H3;1-2H3/b8-5-,9-6?;. The molecule has 0 aromatic rings. The lowest BCUT2D eigenvalue weighted by Gasteiger charge is -1.94. The molecular formula is C10H21N. The van der Waals surface area contributed by atoms with Crippen LogP contribution in [0, 0.1) is 0 Å². The first kappa shape index (κ1) is 13.0. The second kappa shape index (κ2) is 12.1. The zero-order valence-electron chi connectivity index (χ0n) is 8.52. The van der Waals surface area contributed by atoms with Crippen molar-refractivity contribution < 1.29 is 0 Å². The summed E-state index contributed by atoms with van der Waals surface area (Å²) in [4.78, 5) is 4.17. The summed E-state index contributed by atoms with van der Waals surface area (Å²) in [5, 5.41) is 0. The minimum atomic E-state index is 1.10. The van der Waals surface area contributed by atoms with Crippen LogP contribution in [0.4, 0.5) is 0 Å². The molecule has 0 saturated carbocycles. The van der Waals surface area contributed by atoms with Crippen molar-refractivity contribution >= 4 is 6.21 Å². The zero-order valence-corrected chi connectivity index (χ0v) is 8.52. The lowest BCUT2D eigenvalue weighted by atomic mass is 10.2. The summed E-state index contributed by atoms with van der Waals surface area (Å²) >= 11 is 0. The normalized spacial score (nSPS) is 11.2. The highest BCUT2D eigenvalue weighted by molar-refractivity contribution is 5.55. The van der Waals surface area contributed by atoms with E-state index in [1.165, 1.54) is 12.1 Å². The summed E-state index contributed by atoms with van der Waals surface area (Å²) in [5.41, 5.74) is 1.19. The fourth-order valence-electron chi connectivity index (χ4n) is 0.705. The third kappa shape index (κ3) is 9.41. The van der Waals surface area contributed by atoms with Crippen LogP contribution in [0.25, 0.3) is 0 Å². The summed E-state index contributed by atoms with van der Waals surface area (Å²) in [6, 6.07) is 0. The molecule has 0 radical (unpaired) electrons. The molecule has 0 bridgehead atoms. The van der Waals surface area contributed by atoms with Crippen LogP contribution < -0.4 is 0 Å². The van der Waals surface area contributed by atoms with Crippen LogP contribution in [0.3, 0.4) is 0 Å². The Morgan fingerprint density at radius 2 is 1.82 bits per heavy atom. The van der Waals surface area contributed by atoms with Crippen LogP contribution in [0.5, 0.6) is 0 Å². The molecule has 1 nitrogen and oxygen atoms in total. The maximum absolute atomic E-state index is 4.17. The van der Waals surface area contributed by atoms with Gasteiger partial charge in [0.2, 0.25) is 0 Å². The van der Waals surface area contributed by atoms with Crippen molar-refractivity contribution in [3.05, 3.63) is 11.8 Å². The highest BCUT2D eigenvalue weighted by Crippen LogP contribution is 2.04. The van der Waals surface area contributed by atoms with Crippen LogP contribution in [-0.2, 0) is 0 Å². The molecule has 0 saturated heterocycles. The van der Waals surface area contributed by atoms with E-state index in [9.17, 15) is 0 Å². The Morgan fingerprint density at radius 1 is 1.27 bits per heavy atom. The van der Waals surface area contributed by atoms with Gasteiger partial charge in [0.1, 0.15) is 0 Å². The van der Waals surface area contributed by atoms with Crippen molar-refractivity contribution in [3.8, 4) is 0 Å². The largest absolute Gasteiger partial charge is 0.266 e. The number of hydrogen-bond donors (Lipinski definition) is 0. The minimum absolute atomic E-state index is 1.10. The van der Waals surface area contributed by atoms with E-state index in [2.05, 4.69) is 18.0 Å². The molecule has 0 amide bonds. The first-order valence-electron chi connectivity index (χ1n) is 4.49. The SMILES string of the molecule is CC.CC=N/C(=C\C)CCC. The molecule has 0 atom stereocenters. The van der Waals surface area contributed by atoms with Gasteiger partial charge < -0.3 is 0 Å². The van der Waals surface area contributed by atoms with Gasteiger partial charge in [0.25, 0.3) is 0 Å². The van der Waals surface area contributed by atoms with Gasteiger partial charge in [-0.1, -0.05) is 33.3 Å². The molecule has 0 aliphatic heterocycles. The van der Waals surface area contributed by atoms with Crippen molar-refractivity contribution in [2.75, 3.05) is 0 Å². The third-order valence-electron chi connectivity index (χ3n) is 1.13. The number of aliphatic imine (C=N–C) groups is 1. The van der Waals surface area contributed by atoms with Gasteiger partial charge in [-0.3, -0.25) is 4.99 Å². The van der Waals surface area contributed by atoms with Gasteiger partial charge in [0.15, 0.2) is 0 Å². The number of rotatable bonds is 3. The van der Waals surface area contributed by atoms with Crippen molar-refractivity contribution in [2.45, 2.75) is 47.5 Å². The number of nitrogens with zero attached hydrogens (tertiary/aromatic N) is 1. The van der Waals surface area contributed by atoms with E-state index in [1.807, 2.05) is 33.9 Å². The monoisotopic (exact) mass is 155 g/mol. The van der Waals surface area contributed by atoms with Crippen molar-refractivity contribution in [1.82, 2.24) is 0 Å². The van der Waals surface area contributed by atoms with Crippen molar-refractivity contribution in [2.24, 2.45) is 4.99 Å². The molecule has 0 heterocycles. The molecule has 1 heteroatoms. The third-order valence-corrected chi connectivity index (χ3v) is 1.13. The maximum Gasteiger partial charge on any atom is 0.0356 e. The Morgan fingerprint density at radius 3 is 2.09 bits per heavy atom. The lowest BCUT2D eigenvalue weighted by Crippen LogP contribution is -1.76. The molecule has 0 rings (SSSR count). The summed E-state index contributed by atoms with van der Waals surface area (Å²) < 4.78 is 0. The van der Waals surface area contributed by atoms with E-state index in [4.69, 9.17) is 0 Å². The Bertz CT molecular complexity index is 112. The van der Waals surface area contributed by atoms with Gasteiger partial charge in [-0.2, -0.15) is 0 Å². The molecule has 11 heavy (non-hydrogen) atoms. The summed E-state index contributed by atoms with van der Waals surface area (Å²) in [6.45, 7) is 10.1. The second-order valence-corrected chi connectivity index (χ2v) is 1.92. The highest BCUT2D eigenvalue weighted by atomic mass is 14.7. The molecule has 0 N–H and O–H groups in total. The summed E-state index contributed by atoms with van der Waals surface area (Å²) in [6.07, 6.45) is 6.17. The zero-order chi connectivity index (χ0) is 9.11. The van der Waals surface area contributed by atoms with Gasteiger partial charge in [-0.05, 0) is 20.3 Å². The van der Waals surface area contributed by atoms with Gasteiger partial charge in [0, 0.05) is 11.9 Å². The van der Waals surface area contributed by atoms with Crippen molar-refractivity contribution in [1.29, 1.82) is 0 Å². The first-order valence-corrected chi connectivity index (χ1v) is 4.49. The van der Waals surface area contributed by atoms with Crippen LogP contribution in [0.1, 0.15) is 47.5 Å². The fourth-order valence-corrected chi connectivity index (χ4v) is 0.705. The Hall–Kier alpha value is -0.590. The van der Waals surface area contributed by atoms with E-state index in [0.29, 0.717) is 0 Å². The van der Waals surface area contributed by atoms with Crippen LogP contribution in [0.15, 0.2) is 16.8 Å². The highest BCUT2D eigenvalue weighted by Gasteiger charge is 1.85. The maximum atomic E-state index is 4.17. The molecule has 0 aliphatic rings. The van der Waals surface area contributed by atoms with E-state index >= 15 is 0 Å². The second-order valence-electron chi connectivity index (χ2n) is 1.92. The molecule has 0 spiro atoms. The summed E-state index contributed by atoms with van der Waals surface area (Å²) in [7, 11) is 0. The Kier molecular flexibility index (Phi) is 14.4. The van der Waals surface area contributed by atoms with Crippen molar-refractivity contribution in [3.63, 3.8) is 0 Å². The van der Waals surface area contributed by atoms with E-state index in [0.717, 1.165) is 6.42 Å². The molecule has 0 aromatic carbocycles. The molecule has 0 aliphatic carbocycles. The van der Waals surface area contributed by atoms with E-state index in [1.54, 1.807) is 0 Å². The van der Waals surface area contributed by atoms with E-state index in [-0.39, 0.29) is 0 Å². The molecule has 66 valence electrons.